The fourth-order valence-corrected chi connectivity index (χ4v) is 2.22. The summed E-state index contributed by atoms with van der Waals surface area (Å²) in [5.41, 5.74) is 1.12. The van der Waals surface area contributed by atoms with Crippen molar-refractivity contribution in [1.29, 1.82) is 0 Å². The summed E-state index contributed by atoms with van der Waals surface area (Å²) < 4.78 is 11.1. The van der Waals surface area contributed by atoms with Crippen LogP contribution >= 0.6 is 12.4 Å². The van der Waals surface area contributed by atoms with Crippen LogP contribution in [0.4, 0.5) is 0 Å². The zero-order valence-corrected chi connectivity index (χ0v) is 11.7. The number of rotatable bonds is 5. The summed E-state index contributed by atoms with van der Waals surface area (Å²) in [7, 11) is 1.70. The van der Waals surface area contributed by atoms with Gasteiger partial charge in [-0.05, 0) is 31.4 Å². The molecule has 0 saturated carbocycles. The monoisotopic (exact) mass is 271 g/mol. The van der Waals surface area contributed by atoms with Crippen LogP contribution in [-0.4, -0.2) is 26.8 Å². The Morgan fingerprint density at radius 2 is 2.17 bits per heavy atom. The summed E-state index contributed by atoms with van der Waals surface area (Å²) in [6.07, 6.45) is 2.54. The molecule has 0 amide bonds. The van der Waals surface area contributed by atoms with E-state index in [1.807, 2.05) is 18.2 Å². The van der Waals surface area contributed by atoms with Gasteiger partial charge in [-0.3, -0.25) is 0 Å². The highest BCUT2D eigenvalue weighted by molar-refractivity contribution is 5.85. The Balaban J connectivity index is 0.00000162. The third-order valence-electron chi connectivity index (χ3n) is 3.20. The molecular weight excluding hydrogens is 250 g/mol. The lowest BCUT2D eigenvalue weighted by molar-refractivity contribution is 0.0770. The normalized spacial score (nSPS) is 19.1. The highest BCUT2D eigenvalue weighted by Gasteiger charge is 2.13. The van der Waals surface area contributed by atoms with Gasteiger partial charge in [0, 0.05) is 12.1 Å². The van der Waals surface area contributed by atoms with Gasteiger partial charge >= 0.3 is 0 Å². The minimum absolute atomic E-state index is 0. The first-order valence-corrected chi connectivity index (χ1v) is 6.30. The van der Waals surface area contributed by atoms with E-state index in [0.717, 1.165) is 31.0 Å². The summed E-state index contributed by atoms with van der Waals surface area (Å²) in [4.78, 5) is 0. The van der Waals surface area contributed by atoms with Crippen molar-refractivity contribution in [2.24, 2.45) is 5.92 Å². The summed E-state index contributed by atoms with van der Waals surface area (Å²) >= 11 is 0. The molecule has 0 aromatic heterocycles. The van der Waals surface area contributed by atoms with E-state index in [-0.39, 0.29) is 12.4 Å². The zero-order valence-electron chi connectivity index (χ0n) is 10.9. The molecule has 1 aliphatic heterocycles. The van der Waals surface area contributed by atoms with Gasteiger partial charge in [0.15, 0.2) is 0 Å². The van der Waals surface area contributed by atoms with Crippen molar-refractivity contribution in [2.45, 2.75) is 19.4 Å². The molecule has 0 aliphatic carbocycles. The molecule has 1 N–H and O–H groups in total. The van der Waals surface area contributed by atoms with E-state index in [4.69, 9.17) is 9.47 Å². The lowest BCUT2D eigenvalue weighted by atomic mass is 10.0. The highest BCUT2D eigenvalue weighted by atomic mass is 35.5. The SMILES string of the molecule is COc1ccccc1COCC1CCCNC1.Cl. The molecule has 1 aromatic carbocycles. The molecule has 0 spiro atoms. The first-order chi connectivity index (χ1) is 8.40. The van der Waals surface area contributed by atoms with E-state index in [2.05, 4.69) is 11.4 Å². The van der Waals surface area contributed by atoms with Gasteiger partial charge < -0.3 is 14.8 Å². The van der Waals surface area contributed by atoms with E-state index < -0.39 is 0 Å². The van der Waals surface area contributed by atoms with Crippen LogP contribution in [0.25, 0.3) is 0 Å². The van der Waals surface area contributed by atoms with Gasteiger partial charge in [0.25, 0.3) is 0 Å². The van der Waals surface area contributed by atoms with Crippen LogP contribution < -0.4 is 10.1 Å². The number of para-hydroxylation sites is 1. The molecule has 0 bridgehead atoms. The Morgan fingerprint density at radius 1 is 1.33 bits per heavy atom. The lowest BCUT2D eigenvalue weighted by Gasteiger charge is -2.22. The molecule has 3 nitrogen and oxygen atoms in total. The maximum atomic E-state index is 5.78. The van der Waals surface area contributed by atoms with Crippen molar-refractivity contribution in [3.63, 3.8) is 0 Å². The van der Waals surface area contributed by atoms with Gasteiger partial charge in [0.2, 0.25) is 0 Å². The van der Waals surface area contributed by atoms with Crippen LogP contribution in [0.15, 0.2) is 24.3 Å². The molecular formula is C14H22ClNO2. The number of benzene rings is 1. The second-order valence-corrected chi connectivity index (χ2v) is 4.54. The van der Waals surface area contributed by atoms with Gasteiger partial charge in [-0.15, -0.1) is 12.4 Å². The Morgan fingerprint density at radius 3 is 2.89 bits per heavy atom. The summed E-state index contributed by atoms with van der Waals surface area (Å²) in [5.74, 6) is 1.58. The van der Waals surface area contributed by atoms with E-state index in [9.17, 15) is 0 Å². The molecule has 1 saturated heterocycles. The molecule has 1 unspecified atom stereocenters. The molecule has 18 heavy (non-hydrogen) atoms. The predicted molar refractivity (Wildman–Crippen MR) is 75.5 cm³/mol. The van der Waals surface area contributed by atoms with E-state index >= 15 is 0 Å². The molecule has 1 aliphatic rings. The Kier molecular flexibility index (Phi) is 7.09. The third-order valence-corrected chi connectivity index (χ3v) is 3.20. The number of hydrogen-bond donors (Lipinski definition) is 1. The largest absolute Gasteiger partial charge is 0.496 e. The molecule has 1 aromatic rings. The van der Waals surface area contributed by atoms with E-state index in [1.54, 1.807) is 7.11 Å². The zero-order chi connectivity index (χ0) is 11.9. The molecule has 0 radical (unpaired) electrons. The Bertz CT molecular complexity index is 340. The fraction of sp³-hybridized carbons (Fsp3) is 0.571. The molecule has 1 fully saturated rings. The standard InChI is InChI=1S/C14H21NO2.ClH/c1-16-14-7-3-2-6-13(14)11-17-10-12-5-4-8-15-9-12;/h2-3,6-7,12,15H,4-5,8-11H2,1H3;1H. The van der Waals surface area contributed by atoms with Gasteiger partial charge in [0.1, 0.15) is 5.75 Å². The van der Waals surface area contributed by atoms with E-state index in [0.29, 0.717) is 12.5 Å². The van der Waals surface area contributed by atoms with Crippen LogP contribution in [0.1, 0.15) is 18.4 Å². The van der Waals surface area contributed by atoms with Gasteiger partial charge in [-0.2, -0.15) is 0 Å². The number of ether oxygens (including phenoxy) is 2. The highest BCUT2D eigenvalue weighted by Crippen LogP contribution is 2.19. The van der Waals surface area contributed by atoms with E-state index in [1.165, 1.54) is 12.8 Å². The minimum Gasteiger partial charge on any atom is -0.496 e. The average molecular weight is 272 g/mol. The van der Waals surface area contributed by atoms with Crippen molar-refractivity contribution in [2.75, 3.05) is 26.8 Å². The van der Waals surface area contributed by atoms with Crippen molar-refractivity contribution < 1.29 is 9.47 Å². The third kappa shape index (κ3) is 4.48. The maximum Gasteiger partial charge on any atom is 0.124 e. The first-order valence-electron chi connectivity index (χ1n) is 6.30. The van der Waals surface area contributed by atoms with Gasteiger partial charge in [-0.1, -0.05) is 18.2 Å². The quantitative estimate of drug-likeness (QED) is 0.893. The molecule has 4 heteroatoms. The number of halogens is 1. The van der Waals surface area contributed by atoms with Crippen LogP contribution in [0.5, 0.6) is 5.75 Å². The summed E-state index contributed by atoms with van der Waals surface area (Å²) in [6, 6.07) is 8.02. The smallest absolute Gasteiger partial charge is 0.124 e. The molecule has 2 rings (SSSR count). The first kappa shape index (κ1) is 15.3. The van der Waals surface area contributed by atoms with Crippen molar-refractivity contribution >= 4 is 12.4 Å². The molecule has 102 valence electrons. The Labute approximate surface area is 115 Å². The topological polar surface area (TPSA) is 30.5 Å². The second kappa shape index (κ2) is 8.35. The number of hydrogen-bond acceptors (Lipinski definition) is 3. The Hall–Kier alpha value is -0.770. The van der Waals surface area contributed by atoms with Crippen LogP contribution in [0, 0.1) is 5.92 Å². The lowest BCUT2D eigenvalue weighted by Crippen LogP contribution is -2.32. The van der Waals surface area contributed by atoms with Crippen LogP contribution in [0.2, 0.25) is 0 Å². The number of nitrogens with one attached hydrogen (secondary N) is 1. The maximum absolute atomic E-state index is 5.78. The van der Waals surface area contributed by atoms with Crippen molar-refractivity contribution in [3.8, 4) is 5.75 Å². The molecule has 1 atom stereocenters. The number of piperidine rings is 1. The predicted octanol–water partition coefficient (Wildman–Crippen LogP) is 2.63. The second-order valence-electron chi connectivity index (χ2n) is 4.54. The van der Waals surface area contributed by atoms with Crippen molar-refractivity contribution in [1.82, 2.24) is 5.32 Å². The van der Waals surface area contributed by atoms with Crippen molar-refractivity contribution in [3.05, 3.63) is 29.8 Å². The fourth-order valence-electron chi connectivity index (χ4n) is 2.22. The molecule has 1 heterocycles. The van der Waals surface area contributed by atoms with Gasteiger partial charge in [-0.25, -0.2) is 0 Å². The summed E-state index contributed by atoms with van der Waals surface area (Å²) in [5, 5.41) is 3.40. The van der Waals surface area contributed by atoms with Crippen LogP contribution in [-0.2, 0) is 11.3 Å². The number of methoxy groups -OCH3 is 1. The average Bonchev–Trinajstić information content (AvgIpc) is 2.40. The van der Waals surface area contributed by atoms with Gasteiger partial charge in [0.05, 0.1) is 20.3 Å². The summed E-state index contributed by atoms with van der Waals surface area (Å²) in [6.45, 7) is 3.72. The minimum atomic E-state index is 0. The van der Waals surface area contributed by atoms with Crippen LogP contribution in [0.3, 0.4) is 0 Å².